The van der Waals surface area contributed by atoms with Gasteiger partial charge < -0.3 is 10.3 Å². The van der Waals surface area contributed by atoms with Gasteiger partial charge in [0.2, 0.25) is 0 Å². The van der Waals surface area contributed by atoms with Crippen LogP contribution in [-0.2, 0) is 9.59 Å². The van der Waals surface area contributed by atoms with E-state index in [1.807, 2.05) is 0 Å². The lowest BCUT2D eigenvalue weighted by Gasteiger charge is -1.90. The molecule has 0 unspecified atom stereocenters. The van der Waals surface area contributed by atoms with Crippen molar-refractivity contribution in [3.8, 4) is 0 Å². The van der Waals surface area contributed by atoms with E-state index in [1.165, 1.54) is 0 Å². The molecule has 0 aliphatic heterocycles. The topological polar surface area (TPSA) is 92.4 Å². The van der Waals surface area contributed by atoms with Crippen molar-refractivity contribution in [2.24, 2.45) is 5.73 Å². The van der Waals surface area contributed by atoms with Crippen molar-refractivity contribution in [1.82, 2.24) is 4.72 Å². The molecule has 0 aromatic heterocycles. The third kappa shape index (κ3) is 2.43. The van der Waals surface area contributed by atoms with Crippen LogP contribution in [0.15, 0.2) is 0 Å². The van der Waals surface area contributed by atoms with Crippen molar-refractivity contribution in [3.05, 3.63) is 0 Å². The van der Waals surface area contributed by atoms with Crippen LogP contribution in [0.1, 0.15) is 0 Å². The quantitative estimate of drug-likeness (QED) is 0.237. The van der Waals surface area contributed by atoms with Gasteiger partial charge in [-0.1, -0.05) is 0 Å². The fraction of sp³-hybridized carbons (Fsp3) is 0. The van der Waals surface area contributed by atoms with Gasteiger partial charge in [0.15, 0.2) is 0 Å². The first-order valence-electron chi connectivity index (χ1n) is 1.58. The van der Waals surface area contributed by atoms with E-state index in [4.69, 9.17) is 4.55 Å². The summed E-state index contributed by atoms with van der Waals surface area (Å²) in [4.78, 5) is 19.8. The molecule has 0 aliphatic rings. The van der Waals surface area contributed by atoms with Crippen LogP contribution in [0.5, 0.6) is 0 Å². The Labute approximate surface area is 49.6 Å². The molecule has 0 saturated heterocycles. The van der Waals surface area contributed by atoms with Gasteiger partial charge in [0.25, 0.3) is 0 Å². The smallest absolute Gasteiger partial charge is 0.320 e. The highest BCUT2D eigenvalue weighted by Gasteiger charge is 2.05. The highest BCUT2D eigenvalue weighted by atomic mass is 32.2. The summed E-state index contributed by atoms with van der Waals surface area (Å²) in [6.07, 6.45) is 0. The molecule has 4 N–H and O–H groups in total. The lowest BCUT2D eigenvalue weighted by atomic mass is 10.6. The maximum absolute atomic E-state index is 9.98. The van der Waals surface area contributed by atoms with Gasteiger partial charge in [-0.3, -0.25) is 14.3 Å². The largest absolute Gasteiger partial charge is 0.361 e. The predicted molar refractivity (Wildman–Crippen MR) is 27.6 cm³/mol. The van der Waals surface area contributed by atoms with E-state index < -0.39 is 11.8 Å². The Hall–Kier alpha value is -0.750. The number of hydrogen-bond donors (Lipinski definition) is 3. The minimum absolute atomic E-state index is 0.0377. The molecule has 0 atom stereocenters. The van der Waals surface area contributed by atoms with Crippen molar-refractivity contribution in [1.29, 1.82) is 0 Å². The molecule has 0 aromatic rings. The van der Waals surface area contributed by atoms with E-state index in [9.17, 15) is 9.59 Å². The molecule has 0 saturated carbocycles. The van der Waals surface area contributed by atoms with Crippen LogP contribution < -0.4 is 10.5 Å². The van der Waals surface area contributed by atoms with Gasteiger partial charge in [-0.25, -0.2) is 0 Å². The third-order valence-electron chi connectivity index (χ3n) is 0.362. The van der Waals surface area contributed by atoms with Gasteiger partial charge in [-0.05, 0) is 0 Å². The van der Waals surface area contributed by atoms with E-state index in [1.54, 1.807) is 4.72 Å². The molecule has 0 fully saturated rings. The molecule has 2 amide bonds. The first-order chi connectivity index (χ1) is 3.68. The van der Waals surface area contributed by atoms with Crippen molar-refractivity contribution < 1.29 is 14.1 Å². The normalized spacial score (nSPS) is 8.12. The summed E-state index contributed by atoms with van der Waals surface area (Å²) in [6, 6.07) is 0. The molecule has 0 bridgehead atoms. The predicted octanol–water partition coefficient (Wildman–Crippen LogP) is -1.29. The molecule has 0 aromatic carbocycles. The van der Waals surface area contributed by atoms with E-state index in [-0.39, 0.29) is 12.2 Å². The average Bonchev–Trinajstić information content (AvgIpc) is 1.67. The second-order valence-corrected chi connectivity index (χ2v) is 1.27. The van der Waals surface area contributed by atoms with Crippen LogP contribution >= 0.6 is 12.2 Å². The van der Waals surface area contributed by atoms with E-state index in [0.29, 0.717) is 0 Å². The molecule has 0 radical (unpaired) electrons. The first kappa shape index (κ1) is 7.25. The highest BCUT2D eigenvalue weighted by Crippen LogP contribution is 1.78. The number of hydrogen-bond acceptors (Lipinski definition) is 4. The number of primary amides is 1. The molecule has 8 heavy (non-hydrogen) atoms. The standard InChI is InChI=1S/C2H4N2O3S/c3-1(5)2(6)4-8-7/h7H,(H2,3,5)(H,4,6). The zero-order valence-electron chi connectivity index (χ0n) is 3.75. The Morgan fingerprint density at radius 2 is 2.12 bits per heavy atom. The Bertz CT molecular complexity index is 114. The lowest BCUT2D eigenvalue weighted by molar-refractivity contribution is -0.136. The van der Waals surface area contributed by atoms with Crippen LogP contribution in [0.2, 0.25) is 0 Å². The van der Waals surface area contributed by atoms with Gasteiger partial charge in [-0.2, -0.15) is 0 Å². The molecule has 46 valence electrons. The maximum atomic E-state index is 9.98. The summed E-state index contributed by atoms with van der Waals surface area (Å²) in [5, 5.41) is 0. The second kappa shape index (κ2) is 3.28. The van der Waals surface area contributed by atoms with Crippen LogP contribution in [0.3, 0.4) is 0 Å². The number of nitrogens with one attached hydrogen (secondary N) is 1. The fourth-order valence-corrected chi connectivity index (χ4v) is 0.275. The SMILES string of the molecule is NC(=O)C(=O)NSO. The minimum atomic E-state index is -1.12. The second-order valence-electron chi connectivity index (χ2n) is 0.887. The number of nitrogens with two attached hydrogens (primary N) is 1. The van der Waals surface area contributed by atoms with Crippen LogP contribution in [0.4, 0.5) is 0 Å². The molecule has 0 aliphatic carbocycles. The molecule has 6 heteroatoms. The first-order valence-corrected chi connectivity index (χ1v) is 2.36. The fourth-order valence-electron chi connectivity index (χ4n) is 0.0918. The summed E-state index contributed by atoms with van der Waals surface area (Å²) in [5.74, 6) is -2.14. The molecule has 5 nitrogen and oxygen atoms in total. The zero-order chi connectivity index (χ0) is 6.57. The maximum Gasteiger partial charge on any atom is 0.320 e. The van der Waals surface area contributed by atoms with Gasteiger partial charge in [-0.15, -0.1) is 0 Å². The van der Waals surface area contributed by atoms with Crippen molar-refractivity contribution >= 4 is 24.0 Å². The number of carbonyl (C=O) groups excluding carboxylic acids is 2. The van der Waals surface area contributed by atoms with Gasteiger partial charge in [0, 0.05) is 0 Å². The lowest BCUT2D eigenvalue weighted by Crippen LogP contribution is -2.31. The molecule has 0 heterocycles. The summed E-state index contributed by atoms with van der Waals surface area (Å²) < 4.78 is 9.57. The van der Waals surface area contributed by atoms with E-state index in [2.05, 4.69) is 5.73 Å². The molecule has 0 spiro atoms. The van der Waals surface area contributed by atoms with Crippen LogP contribution in [0.25, 0.3) is 0 Å². The Morgan fingerprint density at radius 1 is 1.62 bits per heavy atom. The Balaban J connectivity index is 3.49. The minimum Gasteiger partial charge on any atom is -0.361 e. The number of amides is 2. The van der Waals surface area contributed by atoms with Crippen molar-refractivity contribution in [3.63, 3.8) is 0 Å². The Kier molecular flexibility index (Phi) is 2.97. The summed E-state index contributed by atoms with van der Waals surface area (Å²) in [7, 11) is 0. The van der Waals surface area contributed by atoms with Gasteiger partial charge in [0.05, 0.1) is 0 Å². The molecular formula is C2H4N2O3S. The van der Waals surface area contributed by atoms with E-state index >= 15 is 0 Å². The summed E-state index contributed by atoms with van der Waals surface area (Å²) in [6.45, 7) is 0. The van der Waals surface area contributed by atoms with Crippen molar-refractivity contribution in [2.75, 3.05) is 0 Å². The van der Waals surface area contributed by atoms with Crippen LogP contribution in [0, 0.1) is 0 Å². The van der Waals surface area contributed by atoms with Crippen LogP contribution in [-0.4, -0.2) is 16.4 Å². The van der Waals surface area contributed by atoms with E-state index in [0.717, 1.165) is 0 Å². The third-order valence-corrected chi connectivity index (χ3v) is 0.639. The molecular weight excluding hydrogens is 132 g/mol. The Morgan fingerprint density at radius 3 is 2.25 bits per heavy atom. The number of carbonyl (C=O) groups is 2. The summed E-state index contributed by atoms with van der Waals surface area (Å²) in [5.41, 5.74) is 4.45. The molecule has 0 rings (SSSR count). The average molecular weight is 136 g/mol. The highest BCUT2D eigenvalue weighted by molar-refractivity contribution is 7.92. The number of rotatable bonds is 1. The van der Waals surface area contributed by atoms with Gasteiger partial charge in [0.1, 0.15) is 12.2 Å². The monoisotopic (exact) mass is 136 g/mol. The zero-order valence-corrected chi connectivity index (χ0v) is 4.57. The van der Waals surface area contributed by atoms with Crippen molar-refractivity contribution in [2.45, 2.75) is 0 Å². The van der Waals surface area contributed by atoms with Gasteiger partial charge >= 0.3 is 11.8 Å². The summed E-state index contributed by atoms with van der Waals surface area (Å²) >= 11 is 0.0377.